The van der Waals surface area contributed by atoms with Gasteiger partial charge in [-0.3, -0.25) is 4.79 Å². The molecule has 0 saturated heterocycles. The number of amides is 1. The van der Waals surface area contributed by atoms with Gasteiger partial charge in [0.1, 0.15) is 11.5 Å². The highest BCUT2D eigenvalue weighted by molar-refractivity contribution is 9.10. The quantitative estimate of drug-likeness (QED) is 0.403. The second kappa shape index (κ2) is 9.46. The van der Waals surface area contributed by atoms with Crippen molar-refractivity contribution in [3.63, 3.8) is 0 Å². The van der Waals surface area contributed by atoms with E-state index < -0.39 is 0 Å². The third kappa shape index (κ3) is 5.51. The van der Waals surface area contributed by atoms with E-state index in [0.717, 1.165) is 22.0 Å². The molecule has 1 amide bonds. The summed E-state index contributed by atoms with van der Waals surface area (Å²) in [4.78, 5) is 12.4. The zero-order valence-corrected chi connectivity index (χ0v) is 18.2. The average molecular weight is 479 g/mol. The van der Waals surface area contributed by atoms with Crippen molar-refractivity contribution >= 4 is 50.7 Å². The number of benzene rings is 3. The topological polar surface area (TPSA) is 38.3 Å². The number of anilines is 1. The molecule has 0 bridgehead atoms. The Morgan fingerprint density at radius 1 is 1.07 bits per heavy atom. The summed E-state index contributed by atoms with van der Waals surface area (Å²) in [6.07, 6.45) is 1.02. The molecule has 0 radical (unpaired) electrons. The molecule has 1 N–H and O–H groups in total. The van der Waals surface area contributed by atoms with Crippen LogP contribution in [0.3, 0.4) is 0 Å². The van der Waals surface area contributed by atoms with Crippen LogP contribution in [0.2, 0.25) is 10.0 Å². The number of carbonyl (C=O) groups excluding carboxylic acids is 1. The highest BCUT2D eigenvalue weighted by Gasteiger charge is 2.11. The van der Waals surface area contributed by atoms with Crippen LogP contribution in [0.5, 0.6) is 11.5 Å². The third-order valence-electron chi connectivity index (χ3n) is 4.09. The summed E-state index contributed by atoms with van der Waals surface area (Å²) in [5.41, 5.74) is 2.49. The van der Waals surface area contributed by atoms with E-state index in [2.05, 4.69) is 28.2 Å². The van der Waals surface area contributed by atoms with Crippen LogP contribution in [0.15, 0.2) is 65.1 Å². The molecule has 0 spiro atoms. The molecule has 0 saturated carbocycles. The molecule has 0 atom stereocenters. The van der Waals surface area contributed by atoms with Crippen LogP contribution in [0.25, 0.3) is 0 Å². The molecule has 0 fully saturated rings. The standard InChI is InChI=1S/C22H18BrCl2NO2/c1-2-15-8-7-14(10-22(27)26-20-6-4-3-5-19(20)25)9-21(15)28-18-12-16(23)11-17(24)13-18/h3-9,11-13H,2,10H2,1H3,(H,26,27). The maximum absolute atomic E-state index is 12.4. The van der Waals surface area contributed by atoms with Gasteiger partial charge in [0.15, 0.2) is 0 Å². The van der Waals surface area contributed by atoms with Crippen molar-refractivity contribution in [1.82, 2.24) is 0 Å². The molecule has 0 aliphatic heterocycles. The molecule has 28 heavy (non-hydrogen) atoms. The van der Waals surface area contributed by atoms with Crippen molar-refractivity contribution in [2.45, 2.75) is 19.8 Å². The number of halogens is 3. The van der Waals surface area contributed by atoms with Crippen molar-refractivity contribution < 1.29 is 9.53 Å². The van der Waals surface area contributed by atoms with Gasteiger partial charge in [-0.05, 0) is 53.9 Å². The van der Waals surface area contributed by atoms with Gasteiger partial charge >= 0.3 is 0 Å². The van der Waals surface area contributed by atoms with Crippen molar-refractivity contribution in [2.75, 3.05) is 5.32 Å². The first-order valence-corrected chi connectivity index (χ1v) is 10.3. The maximum Gasteiger partial charge on any atom is 0.228 e. The van der Waals surface area contributed by atoms with Crippen LogP contribution < -0.4 is 10.1 Å². The molecule has 0 aliphatic rings. The Morgan fingerprint density at radius 2 is 1.86 bits per heavy atom. The maximum atomic E-state index is 12.4. The molecule has 0 aliphatic carbocycles. The van der Waals surface area contributed by atoms with Gasteiger partial charge in [-0.2, -0.15) is 0 Å². The normalized spacial score (nSPS) is 10.6. The summed E-state index contributed by atoms with van der Waals surface area (Å²) in [5, 5.41) is 3.92. The molecule has 3 nitrogen and oxygen atoms in total. The summed E-state index contributed by atoms with van der Waals surface area (Å²) < 4.78 is 6.89. The fraction of sp³-hybridized carbons (Fsp3) is 0.136. The van der Waals surface area contributed by atoms with Crippen molar-refractivity contribution in [1.29, 1.82) is 0 Å². The lowest BCUT2D eigenvalue weighted by atomic mass is 10.1. The summed E-state index contributed by atoms with van der Waals surface area (Å²) >= 11 is 15.6. The van der Waals surface area contributed by atoms with Crippen LogP contribution in [0, 0.1) is 0 Å². The Labute approximate surface area is 182 Å². The van der Waals surface area contributed by atoms with E-state index in [1.54, 1.807) is 24.3 Å². The minimum Gasteiger partial charge on any atom is -0.457 e. The number of aryl methyl sites for hydroxylation is 1. The fourth-order valence-corrected chi connectivity index (χ4v) is 3.76. The number of nitrogens with one attached hydrogen (secondary N) is 1. The lowest BCUT2D eigenvalue weighted by molar-refractivity contribution is -0.115. The summed E-state index contributed by atoms with van der Waals surface area (Å²) in [5.74, 6) is 1.19. The predicted octanol–water partition coefficient (Wildman–Crippen LogP) is 7.29. The van der Waals surface area contributed by atoms with Crippen LogP contribution >= 0.6 is 39.1 Å². The van der Waals surface area contributed by atoms with Gasteiger partial charge in [-0.1, -0.05) is 70.3 Å². The van der Waals surface area contributed by atoms with Gasteiger partial charge in [0.25, 0.3) is 0 Å². The van der Waals surface area contributed by atoms with Crippen LogP contribution in [-0.2, 0) is 17.6 Å². The second-order valence-corrected chi connectivity index (χ2v) is 7.97. The summed E-state index contributed by atoms with van der Waals surface area (Å²) in [6, 6.07) is 18.4. The SMILES string of the molecule is CCc1ccc(CC(=O)Nc2ccccc2Cl)cc1Oc1cc(Cl)cc(Br)c1. The van der Waals surface area contributed by atoms with Crippen LogP contribution in [0.1, 0.15) is 18.1 Å². The first kappa shape index (κ1) is 20.7. The zero-order valence-electron chi connectivity index (χ0n) is 15.1. The Hall–Kier alpha value is -2.01. The van der Waals surface area contributed by atoms with E-state index in [4.69, 9.17) is 27.9 Å². The number of carbonyl (C=O) groups is 1. The van der Waals surface area contributed by atoms with Gasteiger partial charge in [-0.25, -0.2) is 0 Å². The monoisotopic (exact) mass is 477 g/mol. The molecular formula is C22H18BrCl2NO2. The van der Waals surface area contributed by atoms with Crippen LogP contribution in [-0.4, -0.2) is 5.91 Å². The summed E-state index contributed by atoms with van der Waals surface area (Å²) in [6.45, 7) is 2.06. The smallest absolute Gasteiger partial charge is 0.228 e. The van der Waals surface area contributed by atoms with Crippen molar-refractivity contribution in [3.8, 4) is 11.5 Å². The molecule has 144 valence electrons. The first-order valence-electron chi connectivity index (χ1n) is 8.74. The number of hydrogen-bond donors (Lipinski definition) is 1. The lowest BCUT2D eigenvalue weighted by Gasteiger charge is -2.13. The van der Waals surface area contributed by atoms with Crippen molar-refractivity contribution in [3.05, 3.63) is 86.3 Å². The number of hydrogen-bond acceptors (Lipinski definition) is 2. The lowest BCUT2D eigenvalue weighted by Crippen LogP contribution is -2.14. The summed E-state index contributed by atoms with van der Waals surface area (Å²) in [7, 11) is 0. The minimum absolute atomic E-state index is 0.145. The second-order valence-electron chi connectivity index (χ2n) is 6.21. The molecule has 0 heterocycles. The average Bonchev–Trinajstić information content (AvgIpc) is 2.63. The number of rotatable bonds is 6. The largest absolute Gasteiger partial charge is 0.457 e. The number of ether oxygens (including phenoxy) is 1. The van der Waals surface area contributed by atoms with E-state index in [1.165, 1.54) is 0 Å². The Kier molecular flexibility index (Phi) is 7.00. The van der Waals surface area contributed by atoms with Gasteiger partial charge in [0.05, 0.1) is 17.1 Å². The Bertz CT molecular complexity index is 987. The van der Waals surface area contributed by atoms with Crippen molar-refractivity contribution in [2.24, 2.45) is 0 Å². The van der Waals surface area contributed by atoms with E-state index in [-0.39, 0.29) is 12.3 Å². The molecule has 0 aromatic heterocycles. The first-order chi connectivity index (χ1) is 13.4. The molecular weight excluding hydrogens is 461 g/mol. The van der Waals surface area contributed by atoms with Gasteiger partial charge in [0.2, 0.25) is 5.91 Å². The van der Waals surface area contributed by atoms with E-state index in [9.17, 15) is 4.79 Å². The molecule has 3 aromatic rings. The van der Waals surface area contributed by atoms with Gasteiger partial charge in [0, 0.05) is 9.50 Å². The van der Waals surface area contributed by atoms with E-state index >= 15 is 0 Å². The zero-order chi connectivity index (χ0) is 20.1. The minimum atomic E-state index is -0.145. The Morgan fingerprint density at radius 3 is 2.57 bits per heavy atom. The predicted molar refractivity (Wildman–Crippen MR) is 119 cm³/mol. The third-order valence-corrected chi connectivity index (χ3v) is 5.09. The fourth-order valence-electron chi connectivity index (χ4n) is 2.75. The van der Waals surface area contributed by atoms with Gasteiger partial charge in [-0.15, -0.1) is 0 Å². The Balaban J connectivity index is 1.78. The van der Waals surface area contributed by atoms with Gasteiger partial charge < -0.3 is 10.1 Å². The highest BCUT2D eigenvalue weighted by Crippen LogP contribution is 2.31. The highest BCUT2D eigenvalue weighted by atomic mass is 79.9. The molecule has 3 aromatic carbocycles. The van der Waals surface area contributed by atoms with E-state index in [1.807, 2.05) is 36.4 Å². The molecule has 3 rings (SSSR count). The number of para-hydroxylation sites is 1. The van der Waals surface area contributed by atoms with E-state index in [0.29, 0.717) is 27.2 Å². The molecule has 0 unspecified atom stereocenters. The molecule has 6 heteroatoms. The van der Waals surface area contributed by atoms with Crippen LogP contribution in [0.4, 0.5) is 5.69 Å².